The Bertz CT molecular complexity index is 668. The van der Waals surface area contributed by atoms with Crippen molar-refractivity contribution < 1.29 is 9.53 Å². The van der Waals surface area contributed by atoms with Crippen molar-refractivity contribution in [3.63, 3.8) is 0 Å². The molecule has 0 radical (unpaired) electrons. The highest BCUT2D eigenvalue weighted by Crippen LogP contribution is 2.24. The molecule has 2 rings (SSSR count). The van der Waals surface area contributed by atoms with E-state index in [1.54, 1.807) is 24.3 Å². The maximum Gasteiger partial charge on any atom is 0.184 e. The maximum atomic E-state index is 12.5. The molecule has 0 saturated heterocycles. The van der Waals surface area contributed by atoms with Gasteiger partial charge in [-0.25, -0.2) is 0 Å². The molecule has 1 atom stereocenters. The number of carbonyl (C=O) groups excluding carboxylic acids is 1. The summed E-state index contributed by atoms with van der Waals surface area (Å²) in [6.45, 7) is 4.39. The fourth-order valence-electron chi connectivity index (χ4n) is 2.23. The van der Waals surface area contributed by atoms with Crippen LogP contribution in [0.4, 0.5) is 0 Å². The van der Waals surface area contributed by atoms with Crippen molar-refractivity contribution in [2.24, 2.45) is 0 Å². The predicted octanol–water partition coefficient (Wildman–Crippen LogP) is 3.88. The largest absolute Gasteiger partial charge is 0.494 e. The molecule has 106 valence electrons. The van der Waals surface area contributed by atoms with E-state index in [4.69, 9.17) is 4.74 Å². The molecule has 0 bridgehead atoms. The quantitative estimate of drug-likeness (QED) is 0.780. The molecule has 3 heteroatoms. The lowest BCUT2D eigenvalue weighted by atomic mass is 9.89. The topological polar surface area (TPSA) is 50.1 Å². The van der Waals surface area contributed by atoms with Crippen molar-refractivity contribution in [1.29, 1.82) is 5.26 Å². The minimum atomic E-state index is -0.774. The Morgan fingerprint density at radius 2 is 1.86 bits per heavy atom. The van der Waals surface area contributed by atoms with Gasteiger partial charge in [0.05, 0.1) is 12.7 Å². The van der Waals surface area contributed by atoms with Crippen LogP contribution in [0.5, 0.6) is 5.75 Å². The van der Waals surface area contributed by atoms with Crippen LogP contribution in [0.2, 0.25) is 0 Å². The number of nitrogens with zero attached hydrogens (tertiary/aromatic N) is 1. The van der Waals surface area contributed by atoms with Gasteiger partial charge in [0.15, 0.2) is 5.78 Å². The van der Waals surface area contributed by atoms with Crippen molar-refractivity contribution in [2.45, 2.75) is 19.8 Å². The van der Waals surface area contributed by atoms with E-state index in [9.17, 15) is 10.1 Å². The summed E-state index contributed by atoms with van der Waals surface area (Å²) < 4.78 is 5.35. The van der Waals surface area contributed by atoms with Crippen LogP contribution in [0, 0.1) is 18.3 Å². The Morgan fingerprint density at radius 3 is 2.43 bits per heavy atom. The summed E-state index contributed by atoms with van der Waals surface area (Å²) in [5, 5.41) is 9.38. The second-order valence-electron chi connectivity index (χ2n) is 4.74. The molecule has 21 heavy (non-hydrogen) atoms. The Morgan fingerprint density at radius 1 is 1.19 bits per heavy atom. The van der Waals surface area contributed by atoms with E-state index in [1.165, 1.54) is 0 Å². The highest BCUT2D eigenvalue weighted by atomic mass is 16.5. The minimum Gasteiger partial charge on any atom is -0.494 e. The number of rotatable bonds is 5. The van der Waals surface area contributed by atoms with Gasteiger partial charge >= 0.3 is 0 Å². The first kappa shape index (κ1) is 14.8. The summed E-state index contributed by atoms with van der Waals surface area (Å²) in [4.78, 5) is 12.5. The predicted molar refractivity (Wildman–Crippen MR) is 81.5 cm³/mol. The number of benzene rings is 2. The third-order valence-corrected chi connectivity index (χ3v) is 3.34. The Kier molecular flexibility index (Phi) is 4.73. The van der Waals surface area contributed by atoms with Crippen LogP contribution in [0.3, 0.4) is 0 Å². The van der Waals surface area contributed by atoms with Crippen LogP contribution in [-0.4, -0.2) is 12.4 Å². The molecule has 0 aliphatic heterocycles. The van der Waals surface area contributed by atoms with Crippen molar-refractivity contribution in [3.05, 3.63) is 65.2 Å². The van der Waals surface area contributed by atoms with Crippen LogP contribution in [0.15, 0.2) is 48.5 Å². The SMILES string of the molecule is CCOc1ccc(C(=O)C(C#N)c2ccccc2C)cc1. The molecule has 0 aromatic heterocycles. The normalized spacial score (nSPS) is 11.5. The summed E-state index contributed by atoms with van der Waals surface area (Å²) in [6, 6.07) is 16.5. The summed E-state index contributed by atoms with van der Waals surface area (Å²) in [5.41, 5.74) is 2.23. The van der Waals surface area contributed by atoms with E-state index in [0.717, 1.165) is 16.9 Å². The van der Waals surface area contributed by atoms with Gasteiger partial charge < -0.3 is 4.74 Å². The van der Waals surface area contributed by atoms with Gasteiger partial charge in [0.2, 0.25) is 0 Å². The number of ether oxygens (including phenoxy) is 1. The highest BCUT2D eigenvalue weighted by Gasteiger charge is 2.22. The zero-order valence-electron chi connectivity index (χ0n) is 12.2. The zero-order valence-corrected chi connectivity index (χ0v) is 12.2. The summed E-state index contributed by atoms with van der Waals surface area (Å²) in [7, 11) is 0. The Labute approximate surface area is 124 Å². The van der Waals surface area contributed by atoms with Crippen molar-refractivity contribution >= 4 is 5.78 Å². The summed E-state index contributed by atoms with van der Waals surface area (Å²) >= 11 is 0. The fraction of sp³-hybridized carbons (Fsp3) is 0.222. The van der Waals surface area contributed by atoms with Crippen LogP contribution in [0.1, 0.15) is 34.3 Å². The minimum absolute atomic E-state index is 0.185. The van der Waals surface area contributed by atoms with E-state index >= 15 is 0 Å². The third-order valence-electron chi connectivity index (χ3n) is 3.34. The summed E-state index contributed by atoms with van der Waals surface area (Å²) in [5.74, 6) is -0.238. The van der Waals surface area contributed by atoms with Crippen molar-refractivity contribution in [1.82, 2.24) is 0 Å². The third kappa shape index (κ3) is 3.29. The smallest absolute Gasteiger partial charge is 0.184 e. The number of hydrogen-bond acceptors (Lipinski definition) is 3. The van der Waals surface area contributed by atoms with Gasteiger partial charge in [0.25, 0.3) is 0 Å². The van der Waals surface area contributed by atoms with Gasteiger partial charge in [-0.2, -0.15) is 5.26 Å². The lowest BCUT2D eigenvalue weighted by molar-refractivity contribution is 0.0978. The van der Waals surface area contributed by atoms with Crippen LogP contribution < -0.4 is 4.74 Å². The molecule has 2 aromatic carbocycles. The van der Waals surface area contributed by atoms with Gasteiger partial charge in [-0.3, -0.25) is 4.79 Å². The van der Waals surface area contributed by atoms with E-state index in [1.807, 2.05) is 38.1 Å². The molecule has 0 spiro atoms. The summed E-state index contributed by atoms with van der Waals surface area (Å²) in [6.07, 6.45) is 0. The molecule has 0 saturated carbocycles. The molecule has 3 nitrogen and oxygen atoms in total. The Balaban J connectivity index is 2.29. The van der Waals surface area contributed by atoms with Crippen LogP contribution in [0.25, 0.3) is 0 Å². The molecular weight excluding hydrogens is 262 g/mol. The first-order valence-corrected chi connectivity index (χ1v) is 6.89. The van der Waals surface area contributed by atoms with Crippen molar-refractivity contribution in [2.75, 3.05) is 6.61 Å². The van der Waals surface area contributed by atoms with Gasteiger partial charge in [-0.15, -0.1) is 0 Å². The molecule has 1 unspecified atom stereocenters. The molecule has 0 aliphatic rings. The molecule has 0 heterocycles. The highest BCUT2D eigenvalue weighted by molar-refractivity contribution is 6.03. The molecule has 0 amide bonds. The second kappa shape index (κ2) is 6.71. The Hall–Kier alpha value is -2.60. The van der Waals surface area contributed by atoms with Gasteiger partial charge in [-0.05, 0) is 49.2 Å². The van der Waals surface area contributed by atoms with Gasteiger partial charge in [-0.1, -0.05) is 24.3 Å². The molecule has 0 fully saturated rings. The first-order chi connectivity index (χ1) is 10.2. The van der Waals surface area contributed by atoms with Crippen LogP contribution >= 0.6 is 0 Å². The van der Waals surface area contributed by atoms with E-state index in [0.29, 0.717) is 12.2 Å². The first-order valence-electron chi connectivity index (χ1n) is 6.89. The fourth-order valence-corrected chi connectivity index (χ4v) is 2.23. The molecule has 0 N–H and O–H groups in total. The van der Waals surface area contributed by atoms with Crippen LogP contribution in [-0.2, 0) is 0 Å². The average Bonchev–Trinajstić information content (AvgIpc) is 2.51. The number of nitriles is 1. The molecular formula is C18H17NO2. The maximum absolute atomic E-state index is 12.5. The van der Waals surface area contributed by atoms with E-state index in [2.05, 4.69) is 6.07 Å². The molecule has 2 aromatic rings. The monoisotopic (exact) mass is 279 g/mol. The number of carbonyl (C=O) groups is 1. The molecule has 0 aliphatic carbocycles. The zero-order chi connectivity index (χ0) is 15.2. The van der Waals surface area contributed by atoms with E-state index in [-0.39, 0.29) is 5.78 Å². The number of Topliss-reactive ketones (excluding diaryl/α,β-unsaturated/α-hetero) is 1. The average molecular weight is 279 g/mol. The standard InChI is InChI=1S/C18H17NO2/c1-3-21-15-10-8-14(9-11-15)18(20)17(12-19)16-7-5-4-6-13(16)2/h4-11,17H,3H2,1-2H3. The number of aryl methyl sites for hydroxylation is 1. The number of ketones is 1. The van der Waals surface area contributed by atoms with Gasteiger partial charge in [0.1, 0.15) is 11.7 Å². The van der Waals surface area contributed by atoms with Crippen molar-refractivity contribution in [3.8, 4) is 11.8 Å². The number of hydrogen-bond donors (Lipinski definition) is 0. The van der Waals surface area contributed by atoms with Gasteiger partial charge in [0, 0.05) is 5.56 Å². The lowest BCUT2D eigenvalue weighted by Gasteiger charge is -2.12. The second-order valence-corrected chi connectivity index (χ2v) is 4.74. The van der Waals surface area contributed by atoms with E-state index < -0.39 is 5.92 Å². The lowest BCUT2D eigenvalue weighted by Crippen LogP contribution is -2.12.